The zero-order valence-electron chi connectivity index (χ0n) is 9.25. The molecule has 2 heteroatoms. The molecule has 0 amide bonds. The molecule has 0 aromatic heterocycles. The minimum atomic E-state index is -0.574. The van der Waals surface area contributed by atoms with Crippen LogP contribution in [0.1, 0.15) is 46.0 Å². The van der Waals surface area contributed by atoms with E-state index in [-0.39, 0.29) is 0 Å². The first-order valence-corrected chi connectivity index (χ1v) is 5.87. The Morgan fingerprint density at radius 1 is 1.43 bits per heavy atom. The average molecular weight is 195 g/mol. The largest absolute Gasteiger partial charge is 0.319 e. The van der Waals surface area contributed by atoms with Crippen LogP contribution in [0, 0.1) is 17.8 Å². The van der Waals surface area contributed by atoms with Crippen molar-refractivity contribution in [2.75, 3.05) is 0 Å². The number of carbonyl (C=O) groups is 1. The highest BCUT2D eigenvalue weighted by Gasteiger charge is 2.46. The Balaban J connectivity index is 2.06. The fraction of sp³-hybridized carbons (Fsp3) is 0.917. The molecule has 4 atom stereocenters. The maximum atomic E-state index is 12.2. The Kier molecular flexibility index (Phi) is 2.42. The van der Waals surface area contributed by atoms with E-state index in [0.717, 1.165) is 18.8 Å². The minimum Gasteiger partial charge on any atom is -0.319 e. The van der Waals surface area contributed by atoms with Gasteiger partial charge < -0.3 is 5.73 Å². The van der Waals surface area contributed by atoms with E-state index in [2.05, 4.69) is 0 Å². The molecule has 2 nitrogen and oxygen atoms in total. The van der Waals surface area contributed by atoms with Crippen molar-refractivity contribution in [1.29, 1.82) is 0 Å². The van der Waals surface area contributed by atoms with Crippen molar-refractivity contribution in [1.82, 2.24) is 0 Å². The molecule has 2 rings (SSSR count). The van der Waals surface area contributed by atoms with Gasteiger partial charge in [0.15, 0.2) is 5.78 Å². The number of nitrogens with two attached hydrogens (primary N) is 1. The molecular weight excluding hydrogens is 174 g/mol. The fourth-order valence-electron chi connectivity index (χ4n) is 3.16. The van der Waals surface area contributed by atoms with Crippen molar-refractivity contribution in [2.45, 2.75) is 51.5 Å². The molecule has 14 heavy (non-hydrogen) atoms. The van der Waals surface area contributed by atoms with Crippen molar-refractivity contribution in [3.05, 3.63) is 0 Å². The second kappa shape index (κ2) is 3.34. The number of hydrogen-bond donors (Lipinski definition) is 1. The Labute approximate surface area is 86.2 Å². The summed E-state index contributed by atoms with van der Waals surface area (Å²) in [5.41, 5.74) is 5.45. The van der Waals surface area contributed by atoms with Gasteiger partial charge in [-0.25, -0.2) is 0 Å². The van der Waals surface area contributed by atoms with Gasteiger partial charge in [0.1, 0.15) is 0 Å². The summed E-state index contributed by atoms with van der Waals surface area (Å²) >= 11 is 0. The number of Topliss-reactive ketones (excluding diaryl/α,β-unsaturated/α-hetero) is 1. The van der Waals surface area contributed by atoms with Crippen molar-refractivity contribution >= 4 is 5.78 Å². The first-order chi connectivity index (χ1) is 6.54. The molecule has 2 saturated carbocycles. The summed E-state index contributed by atoms with van der Waals surface area (Å²) in [5.74, 6) is 2.12. The molecule has 80 valence electrons. The van der Waals surface area contributed by atoms with Crippen LogP contribution in [0.5, 0.6) is 0 Å². The van der Waals surface area contributed by atoms with Gasteiger partial charge >= 0.3 is 0 Å². The lowest BCUT2D eigenvalue weighted by Gasteiger charge is -2.29. The van der Waals surface area contributed by atoms with Gasteiger partial charge in [0.2, 0.25) is 0 Å². The number of fused-ring (bicyclic) bond motifs is 2. The van der Waals surface area contributed by atoms with Gasteiger partial charge in [-0.15, -0.1) is 0 Å². The van der Waals surface area contributed by atoms with E-state index in [1.54, 1.807) is 0 Å². The third-order valence-corrected chi connectivity index (χ3v) is 4.37. The van der Waals surface area contributed by atoms with E-state index in [0.29, 0.717) is 17.6 Å². The highest BCUT2D eigenvalue weighted by atomic mass is 16.1. The van der Waals surface area contributed by atoms with Gasteiger partial charge in [-0.3, -0.25) is 4.79 Å². The van der Waals surface area contributed by atoms with E-state index in [4.69, 9.17) is 5.73 Å². The fourth-order valence-corrected chi connectivity index (χ4v) is 3.16. The second-order valence-electron chi connectivity index (χ2n) is 5.42. The predicted molar refractivity (Wildman–Crippen MR) is 56.8 cm³/mol. The van der Waals surface area contributed by atoms with Crippen molar-refractivity contribution in [3.8, 4) is 0 Å². The van der Waals surface area contributed by atoms with Gasteiger partial charge in [0, 0.05) is 5.92 Å². The monoisotopic (exact) mass is 195 g/mol. The molecule has 0 aromatic rings. The van der Waals surface area contributed by atoms with Gasteiger partial charge in [-0.2, -0.15) is 0 Å². The standard InChI is InChI=1S/C12H21NO/c1-3-12(2,13)11(14)10-7-8-4-5-9(10)6-8/h8-10H,3-7,13H2,1-2H3. The molecule has 2 aliphatic carbocycles. The van der Waals surface area contributed by atoms with Crippen LogP contribution in [0.15, 0.2) is 0 Å². The summed E-state index contributed by atoms with van der Waals surface area (Å²) in [6.07, 6.45) is 5.79. The lowest BCUT2D eigenvalue weighted by Crippen LogP contribution is -2.48. The van der Waals surface area contributed by atoms with Gasteiger partial charge in [-0.05, 0) is 44.4 Å². The van der Waals surface area contributed by atoms with Crippen LogP contribution in [0.2, 0.25) is 0 Å². The van der Waals surface area contributed by atoms with Gasteiger partial charge in [-0.1, -0.05) is 13.3 Å². The molecule has 4 unspecified atom stereocenters. The van der Waals surface area contributed by atoms with Crippen molar-refractivity contribution in [3.63, 3.8) is 0 Å². The third-order valence-electron chi connectivity index (χ3n) is 4.37. The van der Waals surface area contributed by atoms with Gasteiger partial charge in [0.05, 0.1) is 5.54 Å². The number of hydrogen-bond acceptors (Lipinski definition) is 2. The van der Waals surface area contributed by atoms with E-state index >= 15 is 0 Å². The van der Waals surface area contributed by atoms with Crippen LogP contribution in [0.3, 0.4) is 0 Å². The first-order valence-electron chi connectivity index (χ1n) is 5.87. The summed E-state index contributed by atoms with van der Waals surface area (Å²) < 4.78 is 0. The van der Waals surface area contributed by atoms with Crippen molar-refractivity contribution < 1.29 is 4.79 Å². The van der Waals surface area contributed by atoms with Crippen LogP contribution < -0.4 is 5.73 Å². The van der Waals surface area contributed by atoms with Crippen LogP contribution in [-0.4, -0.2) is 11.3 Å². The molecule has 0 aliphatic heterocycles. The third kappa shape index (κ3) is 1.50. The lowest BCUT2D eigenvalue weighted by atomic mass is 9.78. The van der Waals surface area contributed by atoms with Crippen LogP contribution >= 0.6 is 0 Å². The summed E-state index contributed by atoms with van der Waals surface area (Å²) in [4.78, 5) is 12.2. The summed E-state index contributed by atoms with van der Waals surface area (Å²) in [7, 11) is 0. The van der Waals surface area contributed by atoms with E-state index in [1.807, 2.05) is 13.8 Å². The van der Waals surface area contributed by atoms with Crippen LogP contribution in [-0.2, 0) is 4.79 Å². The van der Waals surface area contributed by atoms with E-state index in [1.165, 1.54) is 19.3 Å². The zero-order chi connectivity index (χ0) is 10.3. The van der Waals surface area contributed by atoms with Gasteiger partial charge in [0.25, 0.3) is 0 Å². The Hall–Kier alpha value is -0.370. The molecule has 2 aliphatic rings. The zero-order valence-corrected chi connectivity index (χ0v) is 9.25. The van der Waals surface area contributed by atoms with Crippen LogP contribution in [0.25, 0.3) is 0 Å². The molecule has 0 spiro atoms. The summed E-state index contributed by atoms with van der Waals surface area (Å²) in [6.45, 7) is 3.90. The normalized spacial score (nSPS) is 39.8. The maximum absolute atomic E-state index is 12.2. The predicted octanol–water partition coefficient (Wildman–Crippen LogP) is 2.12. The first kappa shape index (κ1) is 10.2. The Bertz CT molecular complexity index is 247. The number of rotatable bonds is 3. The Morgan fingerprint density at radius 3 is 2.57 bits per heavy atom. The van der Waals surface area contributed by atoms with E-state index in [9.17, 15) is 4.79 Å². The highest BCUT2D eigenvalue weighted by Crippen LogP contribution is 2.49. The minimum absolute atomic E-state index is 0.295. The molecule has 0 radical (unpaired) electrons. The summed E-state index contributed by atoms with van der Waals surface area (Å²) in [6, 6.07) is 0. The van der Waals surface area contributed by atoms with Crippen LogP contribution in [0.4, 0.5) is 0 Å². The molecule has 0 saturated heterocycles. The Morgan fingerprint density at radius 2 is 2.14 bits per heavy atom. The average Bonchev–Trinajstić information content (AvgIpc) is 2.77. The highest BCUT2D eigenvalue weighted by molar-refractivity contribution is 5.90. The quantitative estimate of drug-likeness (QED) is 0.749. The lowest BCUT2D eigenvalue weighted by molar-refractivity contribution is -0.129. The summed E-state index contributed by atoms with van der Waals surface area (Å²) in [5, 5.41) is 0. The molecule has 2 fully saturated rings. The molecule has 0 aromatic carbocycles. The molecule has 2 bridgehead atoms. The maximum Gasteiger partial charge on any atom is 0.155 e. The SMILES string of the molecule is CCC(C)(N)C(=O)C1CC2CCC1C2. The van der Waals surface area contributed by atoms with Crippen molar-refractivity contribution in [2.24, 2.45) is 23.5 Å². The number of carbonyl (C=O) groups excluding carboxylic acids is 1. The van der Waals surface area contributed by atoms with E-state index < -0.39 is 5.54 Å². The second-order valence-corrected chi connectivity index (χ2v) is 5.42. The molecular formula is C12H21NO. The smallest absolute Gasteiger partial charge is 0.155 e. The molecule has 2 N–H and O–H groups in total. The topological polar surface area (TPSA) is 43.1 Å². The molecule has 0 heterocycles. The number of ketones is 1.